The normalized spacial score (nSPS) is 13.8. The fourth-order valence-corrected chi connectivity index (χ4v) is 1.43. The Morgan fingerprint density at radius 2 is 2.00 bits per heavy atom. The van der Waals surface area contributed by atoms with Crippen LogP contribution in [0, 0.1) is 6.92 Å². The van der Waals surface area contributed by atoms with E-state index in [1.807, 2.05) is 0 Å². The number of aliphatic hydroxyl groups is 1. The van der Waals surface area contributed by atoms with Crippen molar-refractivity contribution in [3.05, 3.63) is 23.3 Å². The number of alkyl halides is 2. The van der Waals surface area contributed by atoms with Crippen LogP contribution in [0.5, 0.6) is 5.75 Å². The molecular formula is C10H14F2N2O2. The van der Waals surface area contributed by atoms with E-state index in [1.54, 1.807) is 0 Å². The number of hydrogen-bond donors (Lipinski definition) is 4. The van der Waals surface area contributed by atoms with Gasteiger partial charge in [-0.25, -0.2) is 8.78 Å². The van der Waals surface area contributed by atoms with E-state index in [-0.39, 0.29) is 11.3 Å². The van der Waals surface area contributed by atoms with Crippen LogP contribution in [-0.2, 0) is 0 Å². The number of phenolic OH excluding ortho intramolecular Hbond substituents is 1. The Morgan fingerprint density at radius 1 is 1.44 bits per heavy atom. The molecule has 0 amide bonds. The van der Waals surface area contributed by atoms with Gasteiger partial charge in [-0.2, -0.15) is 0 Å². The van der Waals surface area contributed by atoms with E-state index in [9.17, 15) is 13.9 Å². The Hall–Kier alpha value is -1.40. The lowest BCUT2D eigenvalue weighted by Crippen LogP contribution is -2.36. The third-order valence-corrected chi connectivity index (χ3v) is 2.44. The number of hydrogen-bond acceptors (Lipinski definition) is 4. The largest absolute Gasteiger partial charge is 0.505 e. The Morgan fingerprint density at radius 3 is 2.50 bits per heavy atom. The van der Waals surface area contributed by atoms with E-state index in [4.69, 9.17) is 16.6 Å². The van der Waals surface area contributed by atoms with Crippen molar-refractivity contribution < 1.29 is 19.0 Å². The topological polar surface area (TPSA) is 92.5 Å². The highest BCUT2D eigenvalue weighted by Gasteiger charge is 2.39. The van der Waals surface area contributed by atoms with Gasteiger partial charge in [0.15, 0.2) is 0 Å². The minimum absolute atomic E-state index is 0.0233. The molecule has 0 bridgehead atoms. The molecule has 1 aromatic carbocycles. The van der Waals surface area contributed by atoms with Gasteiger partial charge in [0, 0.05) is 5.56 Å². The first kappa shape index (κ1) is 12.7. The van der Waals surface area contributed by atoms with Gasteiger partial charge in [-0.15, -0.1) is 0 Å². The number of rotatable bonds is 3. The predicted molar refractivity (Wildman–Crippen MR) is 56.2 cm³/mol. The monoisotopic (exact) mass is 232 g/mol. The van der Waals surface area contributed by atoms with Gasteiger partial charge >= 0.3 is 0 Å². The fraction of sp³-hybridized carbons (Fsp3) is 0.400. The van der Waals surface area contributed by atoms with E-state index < -0.39 is 24.3 Å². The third-order valence-electron chi connectivity index (χ3n) is 2.44. The number of phenols is 1. The summed E-state index contributed by atoms with van der Waals surface area (Å²) < 4.78 is 26.4. The highest BCUT2D eigenvalue weighted by atomic mass is 19.3. The maximum atomic E-state index is 13.2. The molecule has 1 rings (SSSR count). The lowest BCUT2D eigenvalue weighted by molar-refractivity contribution is -0.0717. The quantitative estimate of drug-likeness (QED) is 0.460. The second-order valence-corrected chi connectivity index (χ2v) is 3.63. The molecule has 1 atom stereocenters. The predicted octanol–water partition coefficient (Wildman–Crippen LogP) is 0.910. The first-order valence-electron chi connectivity index (χ1n) is 4.63. The molecule has 6 heteroatoms. The van der Waals surface area contributed by atoms with Gasteiger partial charge in [-0.3, -0.25) is 0 Å². The molecule has 0 saturated heterocycles. The molecule has 0 radical (unpaired) electrons. The SMILES string of the molecule is Cc1ccc(N)c(O)c1[C@@H](N)C(F)(F)CO. The summed E-state index contributed by atoms with van der Waals surface area (Å²) in [6.45, 7) is 0.143. The van der Waals surface area contributed by atoms with Crippen LogP contribution < -0.4 is 11.5 Å². The van der Waals surface area contributed by atoms with Crippen LogP contribution in [0.3, 0.4) is 0 Å². The van der Waals surface area contributed by atoms with Crippen LogP contribution in [0.4, 0.5) is 14.5 Å². The van der Waals surface area contributed by atoms with Gasteiger partial charge in [0.25, 0.3) is 5.92 Å². The van der Waals surface area contributed by atoms with E-state index in [0.29, 0.717) is 5.56 Å². The van der Waals surface area contributed by atoms with E-state index in [0.717, 1.165) is 0 Å². The van der Waals surface area contributed by atoms with E-state index in [1.165, 1.54) is 19.1 Å². The molecule has 90 valence electrons. The molecule has 0 aliphatic rings. The molecule has 0 aromatic heterocycles. The molecule has 0 saturated carbocycles. The van der Waals surface area contributed by atoms with Gasteiger partial charge in [0.05, 0.1) is 5.69 Å². The first-order chi connectivity index (χ1) is 7.31. The second kappa shape index (κ2) is 4.23. The Balaban J connectivity index is 3.28. The molecule has 4 nitrogen and oxygen atoms in total. The van der Waals surface area contributed by atoms with Gasteiger partial charge in [-0.1, -0.05) is 6.07 Å². The zero-order valence-corrected chi connectivity index (χ0v) is 8.74. The van der Waals surface area contributed by atoms with E-state index in [2.05, 4.69) is 0 Å². The lowest BCUT2D eigenvalue weighted by atomic mass is 9.95. The Kier molecular flexibility index (Phi) is 3.35. The molecule has 0 unspecified atom stereocenters. The molecule has 0 spiro atoms. The molecule has 0 aliphatic heterocycles. The summed E-state index contributed by atoms with van der Waals surface area (Å²) in [5.41, 5.74) is 11.0. The minimum atomic E-state index is -3.50. The first-order valence-corrected chi connectivity index (χ1v) is 4.63. The smallest absolute Gasteiger partial charge is 0.289 e. The van der Waals surface area contributed by atoms with Gasteiger partial charge < -0.3 is 21.7 Å². The molecular weight excluding hydrogens is 218 g/mol. The van der Waals surface area contributed by atoms with Crippen molar-refractivity contribution in [2.45, 2.75) is 18.9 Å². The number of nitrogen functional groups attached to an aromatic ring is 1. The van der Waals surface area contributed by atoms with Crippen molar-refractivity contribution in [3.63, 3.8) is 0 Å². The van der Waals surface area contributed by atoms with Crippen molar-refractivity contribution in [3.8, 4) is 5.75 Å². The average Bonchev–Trinajstić information content (AvgIpc) is 2.24. The van der Waals surface area contributed by atoms with Crippen LogP contribution >= 0.6 is 0 Å². The fourth-order valence-electron chi connectivity index (χ4n) is 1.43. The van der Waals surface area contributed by atoms with Gasteiger partial charge in [-0.05, 0) is 18.6 Å². The highest BCUT2D eigenvalue weighted by Crippen LogP contribution is 2.38. The number of halogens is 2. The number of aliphatic hydroxyl groups excluding tert-OH is 1. The number of nitrogens with two attached hydrogens (primary N) is 2. The number of aryl methyl sites for hydroxylation is 1. The second-order valence-electron chi connectivity index (χ2n) is 3.63. The van der Waals surface area contributed by atoms with Crippen molar-refractivity contribution >= 4 is 5.69 Å². The van der Waals surface area contributed by atoms with Crippen LogP contribution in [-0.4, -0.2) is 22.7 Å². The Labute approximate surface area is 91.5 Å². The number of aromatic hydroxyl groups is 1. The third kappa shape index (κ3) is 2.07. The standard InChI is InChI=1S/C10H14F2N2O2/c1-5-2-3-6(13)8(16)7(5)9(14)10(11,12)4-15/h2-3,9,15-16H,4,13-14H2,1H3/t9-/m1/s1. The summed E-state index contributed by atoms with van der Waals surface area (Å²) in [6.07, 6.45) is 0. The maximum absolute atomic E-state index is 13.2. The average molecular weight is 232 g/mol. The summed E-state index contributed by atoms with van der Waals surface area (Å²) >= 11 is 0. The summed E-state index contributed by atoms with van der Waals surface area (Å²) in [5.74, 6) is -3.96. The molecule has 6 N–H and O–H groups in total. The van der Waals surface area contributed by atoms with Crippen LogP contribution in [0.1, 0.15) is 17.2 Å². The van der Waals surface area contributed by atoms with Crippen LogP contribution in [0.15, 0.2) is 12.1 Å². The molecule has 0 fully saturated rings. The summed E-state index contributed by atoms with van der Waals surface area (Å²) in [4.78, 5) is 0. The molecule has 1 aromatic rings. The molecule has 16 heavy (non-hydrogen) atoms. The van der Waals surface area contributed by atoms with Crippen molar-refractivity contribution in [1.82, 2.24) is 0 Å². The number of benzene rings is 1. The van der Waals surface area contributed by atoms with Crippen molar-refractivity contribution in [1.29, 1.82) is 0 Å². The Bertz CT molecular complexity index is 397. The van der Waals surface area contributed by atoms with Gasteiger partial charge in [0.2, 0.25) is 0 Å². The minimum Gasteiger partial charge on any atom is -0.505 e. The molecule has 0 aliphatic carbocycles. The van der Waals surface area contributed by atoms with Crippen LogP contribution in [0.2, 0.25) is 0 Å². The summed E-state index contributed by atoms with van der Waals surface area (Å²) in [7, 11) is 0. The summed E-state index contributed by atoms with van der Waals surface area (Å²) in [5, 5.41) is 18.1. The van der Waals surface area contributed by atoms with Crippen molar-refractivity contribution in [2.24, 2.45) is 5.73 Å². The lowest BCUT2D eigenvalue weighted by Gasteiger charge is -2.24. The zero-order valence-electron chi connectivity index (χ0n) is 8.74. The van der Waals surface area contributed by atoms with Crippen molar-refractivity contribution in [2.75, 3.05) is 12.3 Å². The highest BCUT2D eigenvalue weighted by molar-refractivity contribution is 5.59. The van der Waals surface area contributed by atoms with Crippen LogP contribution in [0.25, 0.3) is 0 Å². The molecule has 0 heterocycles. The van der Waals surface area contributed by atoms with Gasteiger partial charge in [0.1, 0.15) is 18.4 Å². The zero-order chi connectivity index (χ0) is 12.5. The van der Waals surface area contributed by atoms with E-state index >= 15 is 0 Å². The number of anilines is 1. The maximum Gasteiger partial charge on any atom is 0.289 e. The summed E-state index contributed by atoms with van der Waals surface area (Å²) in [6, 6.07) is 1.09.